The van der Waals surface area contributed by atoms with Crippen molar-refractivity contribution in [2.45, 2.75) is 41.4 Å². The van der Waals surface area contributed by atoms with Crippen LogP contribution in [0, 0.1) is 11.3 Å². The summed E-state index contributed by atoms with van der Waals surface area (Å²) in [4.78, 5) is 14.3. The molecule has 2 aromatic carbocycles. The maximum Gasteiger partial charge on any atom is 0.257 e. The van der Waals surface area contributed by atoms with E-state index in [1.807, 2.05) is 0 Å². The molecule has 2 aromatic rings. The Morgan fingerprint density at radius 3 is 2.55 bits per heavy atom. The van der Waals surface area contributed by atoms with Crippen LogP contribution in [-0.2, 0) is 25.7 Å². The number of phenols is 2. The summed E-state index contributed by atoms with van der Waals surface area (Å²) in [6.45, 7) is 0.726. The first-order valence-electron chi connectivity index (χ1n) is 10.4. The van der Waals surface area contributed by atoms with Gasteiger partial charge in [0.25, 0.3) is 5.91 Å². The molecule has 2 aliphatic rings. The van der Waals surface area contributed by atoms with Crippen LogP contribution in [0.5, 0.6) is 11.5 Å². The number of hydrogen-bond acceptors (Lipinski definition) is 7. The average molecular weight is 535 g/mol. The molecule has 2 N–H and O–H groups in total. The van der Waals surface area contributed by atoms with Crippen LogP contribution in [0.4, 0.5) is 0 Å². The first kappa shape index (κ1) is 23.5. The summed E-state index contributed by atoms with van der Waals surface area (Å²) < 4.78 is 31.9. The minimum atomic E-state index is -4.08. The fourth-order valence-corrected chi connectivity index (χ4v) is 6.17. The minimum absolute atomic E-state index is 0.0144. The van der Waals surface area contributed by atoms with Crippen LogP contribution >= 0.6 is 15.9 Å². The Bertz CT molecular complexity index is 1260. The molecule has 0 radical (unpaired) electrons. The van der Waals surface area contributed by atoms with Crippen molar-refractivity contribution in [2.24, 2.45) is 0 Å². The molecule has 0 unspecified atom stereocenters. The minimum Gasteiger partial charge on any atom is -0.507 e. The van der Waals surface area contributed by atoms with Gasteiger partial charge in [0, 0.05) is 30.2 Å². The normalized spacial score (nSPS) is 17.7. The lowest BCUT2D eigenvalue weighted by Gasteiger charge is -2.39. The van der Waals surface area contributed by atoms with Crippen molar-refractivity contribution in [3.63, 3.8) is 0 Å². The average Bonchev–Trinajstić information content (AvgIpc) is 2.70. The number of ether oxygens (including phenoxy) is 1. The molecule has 1 aliphatic carbocycles. The number of hydrogen-bond donors (Lipinski definition) is 2. The molecule has 174 valence electrons. The second kappa shape index (κ2) is 8.63. The Kier molecular flexibility index (Phi) is 6.16. The van der Waals surface area contributed by atoms with Crippen molar-refractivity contribution in [2.75, 3.05) is 20.2 Å². The molecule has 1 aliphatic heterocycles. The van der Waals surface area contributed by atoms with Crippen molar-refractivity contribution in [3.05, 3.63) is 51.5 Å². The highest BCUT2D eigenvalue weighted by molar-refractivity contribution is 9.10. The first-order chi connectivity index (χ1) is 15.6. The zero-order valence-corrected chi connectivity index (χ0v) is 20.3. The maximum absolute atomic E-state index is 13.1. The molecule has 0 aromatic heterocycles. The second-order valence-electron chi connectivity index (χ2n) is 8.52. The summed E-state index contributed by atoms with van der Waals surface area (Å²) in [5, 5.41) is 30.9. The number of carbonyl (C=O) groups excluding carboxylic acids is 1. The third-order valence-electron chi connectivity index (χ3n) is 6.46. The molecule has 1 saturated heterocycles. The van der Waals surface area contributed by atoms with E-state index in [0.29, 0.717) is 36.0 Å². The van der Waals surface area contributed by atoms with Gasteiger partial charge in [-0.3, -0.25) is 4.79 Å². The van der Waals surface area contributed by atoms with E-state index in [1.165, 1.54) is 35.2 Å². The van der Waals surface area contributed by atoms with Crippen LogP contribution in [0.2, 0.25) is 0 Å². The number of sulfone groups is 1. The molecular weight excluding hydrogens is 512 g/mol. The zero-order valence-electron chi connectivity index (χ0n) is 17.9. The van der Waals surface area contributed by atoms with E-state index in [0.717, 1.165) is 6.42 Å². The summed E-state index contributed by atoms with van der Waals surface area (Å²) >= 11 is 3.20. The summed E-state index contributed by atoms with van der Waals surface area (Å²) in [7, 11) is -2.53. The number of nitriles is 1. The number of phenolic OH excluding ortho intramolecular Hbond substituents is 2. The zero-order chi connectivity index (χ0) is 24.0. The predicted molar refractivity (Wildman–Crippen MR) is 123 cm³/mol. The molecule has 33 heavy (non-hydrogen) atoms. The SMILES string of the molecule is COC1CN(C(=O)c2cc(C3(C#N)CCC3)cc(CS(=O)(=O)c3cc(Br)ccc3O)c2O)C1. The van der Waals surface area contributed by atoms with Gasteiger partial charge in [0.1, 0.15) is 16.4 Å². The van der Waals surface area contributed by atoms with Crippen LogP contribution in [0.1, 0.15) is 40.7 Å². The monoisotopic (exact) mass is 534 g/mol. The summed E-state index contributed by atoms with van der Waals surface area (Å²) in [5.41, 5.74) is -0.318. The van der Waals surface area contributed by atoms with E-state index in [-0.39, 0.29) is 22.1 Å². The third kappa shape index (κ3) is 4.21. The highest BCUT2D eigenvalue weighted by Gasteiger charge is 2.41. The van der Waals surface area contributed by atoms with Crippen LogP contribution in [0.15, 0.2) is 39.7 Å². The van der Waals surface area contributed by atoms with Gasteiger partial charge in [-0.25, -0.2) is 8.42 Å². The Morgan fingerprint density at radius 1 is 1.27 bits per heavy atom. The number of methoxy groups -OCH3 is 1. The number of halogens is 1. The maximum atomic E-state index is 13.1. The van der Waals surface area contributed by atoms with Crippen LogP contribution < -0.4 is 0 Å². The Morgan fingerprint density at radius 2 is 1.97 bits per heavy atom. The topological polar surface area (TPSA) is 128 Å². The number of benzene rings is 2. The summed E-state index contributed by atoms with van der Waals surface area (Å²) in [5.74, 6) is -1.93. The van der Waals surface area contributed by atoms with Crippen molar-refractivity contribution in [1.29, 1.82) is 5.26 Å². The fourth-order valence-electron chi connectivity index (χ4n) is 4.18. The van der Waals surface area contributed by atoms with E-state index in [1.54, 1.807) is 7.11 Å². The highest BCUT2D eigenvalue weighted by Crippen LogP contribution is 2.45. The lowest BCUT2D eigenvalue weighted by atomic mass is 9.65. The van der Waals surface area contributed by atoms with Gasteiger partial charge < -0.3 is 19.8 Å². The molecule has 1 amide bonds. The lowest BCUT2D eigenvalue weighted by molar-refractivity contribution is -0.0193. The molecule has 4 rings (SSSR count). The summed E-state index contributed by atoms with van der Waals surface area (Å²) in [6, 6.07) is 9.36. The van der Waals surface area contributed by atoms with E-state index >= 15 is 0 Å². The number of nitrogens with zero attached hydrogens (tertiary/aromatic N) is 2. The van der Waals surface area contributed by atoms with Gasteiger partial charge in [-0.1, -0.05) is 15.9 Å². The Hall–Kier alpha value is -2.61. The first-order valence-corrected chi connectivity index (χ1v) is 12.9. The van der Waals surface area contributed by atoms with Crippen LogP contribution in [0.25, 0.3) is 0 Å². The second-order valence-corrected chi connectivity index (χ2v) is 11.4. The Labute approximate surface area is 200 Å². The van der Waals surface area contributed by atoms with Gasteiger partial charge in [-0.2, -0.15) is 5.26 Å². The van der Waals surface area contributed by atoms with Gasteiger partial charge >= 0.3 is 0 Å². The van der Waals surface area contributed by atoms with Crippen molar-refractivity contribution >= 4 is 31.7 Å². The standard InChI is InChI=1S/C23H23BrN2O6S/c1-32-17-10-26(11-17)22(29)18-8-15(23(13-25)5-2-6-23)7-14(21(18)28)12-33(30,31)20-9-16(24)3-4-19(20)27/h3-4,7-9,17,27-28H,2,5-6,10-12H2,1H3. The van der Waals surface area contributed by atoms with Crippen LogP contribution in [0.3, 0.4) is 0 Å². The van der Waals surface area contributed by atoms with Gasteiger partial charge in [0.05, 0.1) is 28.9 Å². The number of likely N-dealkylation sites (tertiary alicyclic amines) is 1. The number of carbonyl (C=O) groups is 1. The molecule has 0 atom stereocenters. The van der Waals surface area contributed by atoms with E-state index in [9.17, 15) is 28.7 Å². The van der Waals surface area contributed by atoms with E-state index < -0.39 is 38.4 Å². The number of amides is 1. The lowest BCUT2D eigenvalue weighted by Crippen LogP contribution is -2.54. The van der Waals surface area contributed by atoms with Crippen molar-refractivity contribution < 1.29 is 28.2 Å². The molecule has 0 bridgehead atoms. The van der Waals surface area contributed by atoms with Gasteiger partial charge in [-0.05, 0) is 55.2 Å². The predicted octanol–water partition coefficient (Wildman–Crippen LogP) is 3.25. The van der Waals surface area contributed by atoms with Gasteiger partial charge in [0.15, 0.2) is 9.84 Å². The highest BCUT2D eigenvalue weighted by atomic mass is 79.9. The molecular formula is C23H23BrN2O6S. The molecule has 1 saturated carbocycles. The Balaban J connectivity index is 1.78. The van der Waals surface area contributed by atoms with Crippen molar-refractivity contribution in [3.8, 4) is 17.6 Å². The number of rotatable bonds is 6. The molecule has 10 heteroatoms. The number of aromatic hydroxyl groups is 2. The fraction of sp³-hybridized carbons (Fsp3) is 0.391. The molecule has 0 spiro atoms. The van der Waals surface area contributed by atoms with E-state index in [4.69, 9.17) is 4.74 Å². The smallest absolute Gasteiger partial charge is 0.257 e. The largest absolute Gasteiger partial charge is 0.507 e. The molecule has 2 fully saturated rings. The van der Waals surface area contributed by atoms with E-state index in [2.05, 4.69) is 22.0 Å². The quantitative estimate of drug-likeness (QED) is 0.581. The molecule has 8 nitrogen and oxygen atoms in total. The van der Waals surface area contributed by atoms with Gasteiger partial charge in [-0.15, -0.1) is 0 Å². The third-order valence-corrected chi connectivity index (χ3v) is 8.65. The van der Waals surface area contributed by atoms with Crippen LogP contribution in [-0.4, -0.2) is 55.7 Å². The van der Waals surface area contributed by atoms with Crippen molar-refractivity contribution in [1.82, 2.24) is 4.90 Å². The molecule has 1 heterocycles. The summed E-state index contributed by atoms with van der Waals surface area (Å²) in [6.07, 6.45) is 1.95. The van der Waals surface area contributed by atoms with Gasteiger partial charge in [0.2, 0.25) is 0 Å².